The minimum absolute atomic E-state index is 0.190. The highest BCUT2D eigenvalue weighted by Gasteiger charge is 2.09. The first-order valence-electron chi connectivity index (χ1n) is 9.43. The molecule has 0 saturated heterocycles. The molecule has 0 unspecified atom stereocenters. The van der Waals surface area contributed by atoms with Crippen molar-refractivity contribution in [1.82, 2.24) is 9.97 Å². The lowest BCUT2D eigenvalue weighted by Gasteiger charge is -2.13. The molecule has 4 rings (SSSR count). The standard InChI is InChI=1S/C23H21N5O2/c1-28(2)19-10-3-15(4-11-19)22(29)26-17-6-8-18(9-7-17)27-23(30)16-5-12-20-21(13-16)25-14-24-20/h3-14H,1-2H3,(H,24,25)(H,26,29)(H,27,30). The number of hydrogen-bond donors (Lipinski definition) is 3. The van der Waals surface area contributed by atoms with Crippen LogP contribution in [0, 0.1) is 0 Å². The lowest BCUT2D eigenvalue weighted by Crippen LogP contribution is -2.14. The largest absolute Gasteiger partial charge is 0.378 e. The fourth-order valence-corrected chi connectivity index (χ4v) is 3.03. The number of fused-ring (bicyclic) bond motifs is 1. The van der Waals surface area contributed by atoms with Gasteiger partial charge in [-0.25, -0.2) is 4.98 Å². The minimum Gasteiger partial charge on any atom is -0.378 e. The van der Waals surface area contributed by atoms with Crippen molar-refractivity contribution in [2.75, 3.05) is 29.6 Å². The molecule has 0 saturated carbocycles. The van der Waals surface area contributed by atoms with Gasteiger partial charge in [-0.3, -0.25) is 9.59 Å². The average molecular weight is 399 g/mol. The van der Waals surface area contributed by atoms with Gasteiger partial charge in [0.15, 0.2) is 0 Å². The van der Waals surface area contributed by atoms with Crippen molar-refractivity contribution >= 4 is 39.9 Å². The molecule has 0 aliphatic carbocycles. The number of carbonyl (C=O) groups is 2. The van der Waals surface area contributed by atoms with E-state index in [1.807, 2.05) is 37.2 Å². The molecule has 0 aliphatic rings. The summed E-state index contributed by atoms with van der Waals surface area (Å²) in [5.74, 6) is -0.415. The Kier molecular flexibility index (Phi) is 5.17. The molecular weight excluding hydrogens is 378 g/mol. The van der Waals surface area contributed by atoms with Crippen molar-refractivity contribution in [2.24, 2.45) is 0 Å². The van der Waals surface area contributed by atoms with E-state index in [9.17, 15) is 9.59 Å². The predicted octanol–water partition coefficient (Wildman–Crippen LogP) is 4.13. The molecule has 3 N–H and O–H groups in total. The van der Waals surface area contributed by atoms with Crippen LogP contribution < -0.4 is 15.5 Å². The van der Waals surface area contributed by atoms with E-state index in [0.29, 0.717) is 22.5 Å². The summed E-state index contributed by atoms with van der Waals surface area (Å²) in [5, 5.41) is 5.71. The fourth-order valence-electron chi connectivity index (χ4n) is 3.03. The summed E-state index contributed by atoms with van der Waals surface area (Å²) in [4.78, 5) is 34.0. The van der Waals surface area contributed by atoms with Crippen LogP contribution in [0.2, 0.25) is 0 Å². The topological polar surface area (TPSA) is 90.1 Å². The molecule has 7 heteroatoms. The Morgan fingerprint density at radius 3 is 1.97 bits per heavy atom. The molecule has 150 valence electrons. The van der Waals surface area contributed by atoms with E-state index >= 15 is 0 Å². The first kappa shape index (κ1) is 19.2. The third-order valence-corrected chi connectivity index (χ3v) is 4.73. The maximum atomic E-state index is 12.5. The van der Waals surface area contributed by atoms with E-state index in [1.165, 1.54) is 0 Å². The fraction of sp³-hybridized carbons (Fsp3) is 0.0870. The van der Waals surface area contributed by atoms with Crippen molar-refractivity contribution in [2.45, 2.75) is 0 Å². The number of benzene rings is 3. The van der Waals surface area contributed by atoms with Crippen LogP contribution in [0.25, 0.3) is 11.0 Å². The lowest BCUT2D eigenvalue weighted by molar-refractivity contribution is 0.101. The molecule has 30 heavy (non-hydrogen) atoms. The van der Waals surface area contributed by atoms with Crippen molar-refractivity contribution < 1.29 is 9.59 Å². The van der Waals surface area contributed by atoms with Gasteiger partial charge in [0, 0.05) is 42.3 Å². The first-order chi connectivity index (χ1) is 14.5. The molecule has 4 aromatic rings. The summed E-state index contributed by atoms with van der Waals surface area (Å²) >= 11 is 0. The Balaban J connectivity index is 1.39. The minimum atomic E-state index is -0.224. The molecule has 3 aromatic carbocycles. The molecule has 0 spiro atoms. The van der Waals surface area contributed by atoms with Gasteiger partial charge in [-0.05, 0) is 66.7 Å². The highest BCUT2D eigenvalue weighted by Crippen LogP contribution is 2.18. The van der Waals surface area contributed by atoms with E-state index in [1.54, 1.807) is 54.9 Å². The highest BCUT2D eigenvalue weighted by molar-refractivity contribution is 6.06. The number of aromatic nitrogens is 2. The van der Waals surface area contributed by atoms with Crippen LogP contribution in [0.3, 0.4) is 0 Å². The zero-order valence-corrected chi connectivity index (χ0v) is 16.6. The van der Waals surface area contributed by atoms with Gasteiger partial charge in [0.25, 0.3) is 11.8 Å². The zero-order valence-electron chi connectivity index (χ0n) is 16.6. The van der Waals surface area contributed by atoms with Crippen LogP contribution in [0.5, 0.6) is 0 Å². The second kappa shape index (κ2) is 8.08. The molecule has 0 atom stereocenters. The van der Waals surface area contributed by atoms with Gasteiger partial charge < -0.3 is 20.5 Å². The maximum Gasteiger partial charge on any atom is 0.255 e. The number of imidazole rings is 1. The van der Waals surface area contributed by atoms with E-state index < -0.39 is 0 Å². The first-order valence-corrected chi connectivity index (χ1v) is 9.43. The van der Waals surface area contributed by atoms with E-state index in [-0.39, 0.29) is 11.8 Å². The quantitative estimate of drug-likeness (QED) is 0.471. The Bertz CT molecular complexity index is 1190. The average Bonchev–Trinajstić information content (AvgIpc) is 3.23. The van der Waals surface area contributed by atoms with Crippen LogP contribution in [-0.2, 0) is 0 Å². The van der Waals surface area contributed by atoms with Crippen LogP contribution in [0.15, 0.2) is 73.1 Å². The number of aromatic amines is 1. The SMILES string of the molecule is CN(C)c1ccc(C(=O)Nc2ccc(NC(=O)c3ccc4[nH]cnc4c3)cc2)cc1. The van der Waals surface area contributed by atoms with E-state index in [4.69, 9.17) is 0 Å². The van der Waals surface area contributed by atoms with Gasteiger partial charge in [0.2, 0.25) is 0 Å². The second-order valence-electron chi connectivity index (χ2n) is 7.06. The van der Waals surface area contributed by atoms with Gasteiger partial charge >= 0.3 is 0 Å². The van der Waals surface area contributed by atoms with Crippen LogP contribution in [0.4, 0.5) is 17.1 Å². The van der Waals surface area contributed by atoms with Gasteiger partial charge in [0.05, 0.1) is 17.4 Å². The predicted molar refractivity (Wildman–Crippen MR) is 119 cm³/mol. The molecule has 0 fully saturated rings. The number of anilines is 3. The van der Waals surface area contributed by atoms with Crippen LogP contribution in [-0.4, -0.2) is 35.9 Å². The maximum absolute atomic E-state index is 12.5. The van der Waals surface area contributed by atoms with Gasteiger partial charge in [0.1, 0.15) is 0 Å². The van der Waals surface area contributed by atoms with E-state index in [2.05, 4.69) is 20.6 Å². The molecule has 0 aliphatic heterocycles. The van der Waals surface area contributed by atoms with Crippen LogP contribution in [0.1, 0.15) is 20.7 Å². The molecule has 7 nitrogen and oxygen atoms in total. The number of carbonyl (C=O) groups excluding carboxylic acids is 2. The number of hydrogen-bond acceptors (Lipinski definition) is 4. The molecule has 2 amide bonds. The summed E-state index contributed by atoms with van der Waals surface area (Å²) in [6.45, 7) is 0. The number of nitrogens with zero attached hydrogens (tertiary/aromatic N) is 2. The molecule has 1 aromatic heterocycles. The normalized spacial score (nSPS) is 10.6. The summed E-state index contributed by atoms with van der Waals surface area (Å²) < 4.78 is 0. The van der Waals surface area contributed by atoms with Gasteiger partial charge in [-0.1, -0.05) is 0 Å². The Morgan fingerprint density at radius 2 is 1.37 bits per heavy atom. The van der Waals surface area contributed by atoms with Crippen molar-refractivity contribution in [3.63, 3.8) is 0 Å². The van der Waals surface area contributed by atoms with Crippen LogP contribution >= 0.6 is 0 Å². The van der Waals surface area contributed by atoms with Gasteiger partial charge in [-0.2, -0.15) is 0 Å². The smallest absolute Gasteiger partial charge is 0.255 e. The molecule has 1 heterocycles. The number of amides is 2. The second-order valence-corrected chi connectivity index (χ2v) is 7.06. The summed E-state index contributed by atoms with van der Waals surface area (Å²) in [6, 6.07) is 19.7. The van der Waals surface area contributed by atoms with Crippen molar-refractivity contribution in [3.05, 3.63) is 84.2 Å². The number of H-pyrrole nitrogens is 1. The number of nitrogens with one attached hydrogen (secondary N) is 3. The Labute approximate surface area is 173 Å². The lowest BCUT2D eigenvalue weighted by atomic mass is 10.1. The third kappa shape index (κ3) is 4.15. The Hall–Kier alpha value is -4.13. The number of rotatable bonds is 5. The Morgan fingerprint density at radius 1 is 0.800 bits per heavy atom. The summed E-state index contributed by atoms with van der Waals surface area (Å²) in [5.41, 5.74) is 5.02. The third-order valence-electron chi connectivity index (χ3n) is 4.73. The summed E-state index contributed by atoms with van der Waals surface area (Å²) in [7, 11) is 3.90. The van der Waals surface area contributed by atoms with Gasteiger partial charge in [-0.15, -0.1) is 0 Å². The molecule has 0 bridgehead atoms. The van der Waals surface area contributed by atoms with Crippen molar-refractivity contribution in [1.29, 1.82) is 0 Å². The summed E-state index contributed by atoms with van der Waals surface area (Å²) in [6.07, 6.45) is 1.59. The highest BCUT2D eigenvalue weighted by atomic mass is 16.2. The van der Waals surface area contributed by atoms with E-state index in [0.717, 1.165) is 16.7 Å². The van der Waals surface area contributed by atoms with Crippen molar-refractivity contribution in [3.8, 4) is 0 Å². The molecular formula is C23H21N5O2. The molecule has 0 radical (unpaired) electrons. The monoisotopic (exact) mass is 399 g/mol. The zero-order chi connectivity index (χ0) is 21.1.